The van der Waals surface area contributed by atoms with E-state index < -0.39 is 25.9 Å². The maximum absolute atomic E-state index is 12.6. The first-order valence-electron chi connectivity index (χ1n) is 6.54. The summed E-state index contributed by atoms with van der Waals surface area (Å²) in [4.78, 5) is 3.90. The number of sulfonamides is 1. The van der Waals surface area contributed by atoms with Gasteiger partial charge in [0.2, 0.25) is 10.0 Å². The molecule has 124 valence electrons. The number of pyridine rings is 1. The van der Waals surface area contributed by atoms with E-state index in [-0.39, 0.29) is 14.3 Å². The Morgan fingerprint density at radius 2 is 1.83 bits per heavy atom. The fraction of sp³-hybridized carbons (Fsp3) is 0.214. The highest BCUT2D eigenvalue weighted by Crippen LogP contribution is 2.26. The van der Waals surface area contributed by atoms with E-state index in [0.29, 0.717) is 5.69 Å². The van der Waals surface area contributed by atoms with Crippen molar-refractivity contribution in [1.82, 2.24) is 9.71 Å². The number of hydrogen-bond donors (Lipinski definition) is 1. The molecule has 1 unspecified atom stereocenters. The largest absolute Gasteiger partial charge is 0.260 e. The molecule has 9 heteroatoms. The van der Waals surface area contributed by atoms with Crippen molar-refractivity contribution in [2.45, 2.75) is 22.8 Å². The summed E-state index contributed by atoms with van der Waals surface area (Å²) < 4.78 is 51.1. The Morgan fingerprint density at radius 1 is 1.13 bits per heavy atom. The molecule has 0 aliphatic heterocycles. The van der Waals surface area contributed by atoms with E-state index in [4.69, 9.17) is 0 Å². The van der Waals surface area contributed by atoms with Gasteiger partial charge in [0, 0.05) is 16.9 Å². The van der Waals surface area contributed by atoms with Crippen LogP contribution in [0.25, 0.3) is 0 Å². The lowest BCUT2D eigenvalue weighted by Gasteiger charge is -2.15. The summed E-state index contributed by atoms with van der Waals surface area (Å²) in [6, 6.07) is 8.51. The van der Waals surface area contributed by atoms with Gasteiger partial charge in [-0.05, 0) is 53.2 Å². The fourth-order valence-electron chi connectivity index (χ4n) is 1.91. The molecule has 0 amide bonds. The van der Waals surface area contributed by atoms with Crippen molar-refractivity contribution < 1.29 is 16.8 Å². The highest BCUT2D eigenvalue weighted by molar-refractivity contribution is 9.10. The predicted octanol–water partition coefficient (Wildman–Crippen LogP) is 2.29. The molecule has 0 spiro atoms. The number of halogens is 1. The quantitative estimate of drug-likeness (QED) is 0.803. The zero-order valence-corrected chi connectivity index (χ0v) is 15.6. The highest BCUT2D eigenvalue weighted by atomic mass is 79.9. The molecule has 0 aliphatic carbocycles. The van der Waals surface area contributed by atoms with Crippen LogP contribution in [0.5, 0.6) is 0 Å². The fourth-order valence-corrected chi connectivity index (χ4v) is 4.84. The van der Waals surface area contributed by atoms with Crippen LogP contribution in [0.4, 0.5) is 0 Å². The predicted molar refractivity (Wildman–Crippen MR) is 90.2 cm³/mol. The van der Waals surface area contributed by atoms with Gasteiger partial charge in [0.15, 0.2) is 9.84 Å². The Labute approximate surface area is 144 Å². The number of rotatable bonds is 5. The summed E-state index contributed by atoms with van der Waals surface area (Å²) >= 11 is 3.15. The number of aromatic nitrogens is 1. The lowest BCUT2D eigenvalue weighted by atomic mass is 10.2. The van der Waals surface area contributed by atoms with Gasteiger partial charge in [-0.2, -0.15) is 0 Å². The zero-order valence-electron chi connectivity index (χ0n) is 12.4. The molecule has 1 aromatic heterocycles. The van der Waals surface area contributed by atoms with Gasteiger partial charge in [0.25, 0.3) is 0 Å². The highest BCUT2D eigenvalue weighted by Gasteiger charge is 2.23. The van der Waals surface area contributed by atoms with Gasteiger partial charge in [-0.15, -0.1) is 0 Å². The standard InChI is InChI=1S/C14H15BrN2O4S2/c1-10(13-5-3-4-8-16-13)17-23(20,21)14-9-11(22(2,18)19)6-7-12(14)15/h3-10,17H,1-2H3. The molecule has 0 saturated heterocycles. The summed E-state index contributed by atoms with van der Waals surface area (Å²) in [5.74, 6) is 0. The van der Waals surface area contributed by atoms with Gasteiger partial charge in [-0.3, -0.25) is 4.98 Å². The Hall–Kier alpha value is -1.29. The number of nitrogens with zero attached hydrogens (tertiary/aromatic N) is 1. The molecule has 2 rings (SSSR count). The number of hydrogen-bond acceptors (Lipinski definition) is 5. The van der Waals surface area contributed by atoms with Crippen LogP contribution in [0, 0.1) is 0 Å². The van der Waals surface area contributed by atoms with E-state index in [1.165, 1.54) is 12.1 Å². The molecule has 1 aromatic carbocycles. The SMILES string of the molecule is CC(NS(=O)(=O)c1cc(S(C)(=O)=O)ccc1Br)c1ccccn1. The van der Waals surface area contributed by atoms with Crippen LogP contribution < -0.4 is 4.72 Å². The second-order valence-electron chi connectivity index (χ2n) is 4.96. The third-order valence-electron chi connectivity index (χ3n) is 3.08. The summed E-state index contributed by atoms with van der Waals surface area (Å²) in [6.45, 7) is 1.66. The lowest BCUT2D eigenvalue weighted by Crippen LogP contribution is -2.27. The van der Waals surface area contributed by atoms with Gasteiger partial charge in [0.1, 0.15) is 0 Å². The first-order valence-corrected chi connectivity index (χ1v) is 10.7. The smallest absolute Gasteiger partial charge is 0.242 e. The normalized spacial score (nSPS) is 13.7. The molecule has 0 fully saturated rings. The van der Waals surface area contributed by atoms with E-state index in [0.717, 1.165) is 12.3 Å². The molecule has 23 heavy (non-hydrogen) atoms. The van der Waals surface area contributed by atoms with Gasteiger partial charge in [0.05, 0.1) is 21.5 Å². The molecule has 1 atom stereocenters. The number of nitrogens with one attached hydrogen (secondary N) is 1. The molecule has 0 bridgehead atoms. The van der Waals surface area contributed by atoms with E-state index in [1.54, 1.807) is 31.3 Å². The minimum atomic E-state index is -3.92. The number of benzene rings is 1. The average Bonchev–Trinajstić information content (AvgIpc) is 2.46. The van der Waals surface area contributed by atoms with Crippen molar-refractivity contribution in [3.8, 4) is 0 Å². The van der Waals surface area contributed by atoms with Crippen LogP contribution >= 0.6 is 15.9 Å². The van der Waals surface area contributed by atoms with E-state index in [9.17, 15) is 16.8 Å². The molecular weight excluding hydrogens is 404 g/mol. The summed E-state index contributed by atoms with van der Waals surface area (Å²) in [6.07, 6.45) is 2.59. The Bertz CT molecular complexity index is 913. The van der Waals surface area contributed by atoms with Gasteiger partial charge in [-0.25, -0.2) is 21.6 Å². The number of sulfone groups is 1. The van der Waals surface area contributed by atoms with E-state index in [2.05, 4.69) is 25.6 Å². The second kappa shape index (κ2) is 6.68. The topological polar surface area (TPSA) is 93.2 Å². The van der Waals surface area contributed by atoms with Crippen molar-refractivity contribution in [3.05, 3.63) is 52.8 Å². The van der Waals surface area contributed by atoms with Crippen molar-refractivity contribution in [2.24, 2.45) is 0 Å². The van der Waals surface area contributed by atoms with Gasteiger partial charge in [-0.1, -0.05) is 6.07 Å². The minimum absolute atomic E-state index is 0.0634. The Balaban J connectivity index is 2.40. The first kappa shape index (κ1) is 18.1. The Kier molecular flexibility index (Phi) is 5.24. The van der Waals surface area contributed by atoms with Crippen LogP contribution in [0.15, 0.2) is 56.9 Å². The second-order valence-corrected chi connectivity index (χ2v) is 9.51. The van der Waals surface area contributed by atoms with E-state index >= 15 is 0 Å². The maximum Gasteiger partial charge on any atom is 0.242 e. The van der Waals surface area contributed by atoms with Crippen LogP contribution in [0.2, 0.25) is 0 Å². The van der Waals surface area contributed by atoms with Crippen molar-refractivity contribution >= 4 is 35.8 Å². The van der Waals surface area contributed by atoms with Crippen LogP contribution in [0.3, 0.4) is 0 Å². The van der Waals surface area contributed by atoms with Crippen molar-refractivity contribution in [3.63, 3.8) is 0 Å². The molecule has 2 aromatic rings. The van der Waals surface area contributed by atoms with Crippen molar-refractivity contribution in [2.75, 3.05) is 6.26 Å². The summed E-state index contributed by atoms with van der Waals surface area (Å²) in [5, 5.41) is 0. The zero-order chi connectivity index (χ0) is 17.3. The summed E-state index contributed by atoms with van der Waals surface area (Å²) in [7, 11) is -7.43. The third kappa shape index (κ3) is 4.37. The van der Waals surface area contributed by atoms with Crippen LogP contribution in [-0.4, -0.2) is 28.1 Å². The molecule has 6 nitrogen and oxygen atoms in total. The van der Waals surface area contributed by atoms with Crippen LogP contribution in [-0.2, 0) is 19.9 Å². The first-order chi connectivity index (χ1) is 10.6. The molecule has 1 N–H and O–H groups in total. The van der Waals surface area contributed by atoms with E-state index in [1.807, 2.05) is 0 Å². The van der Waals surface area contributed by atoms with Gasteiger partial charge < -0.3 is 0 Å². The maximum atomic E-state index is 12.6. The third-order valence-corrected chi connectivity index (χ3v) is 6.73. The van der Waals surface area contributed by atoms with Crippen molar-refractivity contribution in [1.29, 1.82) is 0 Å². The molecule has 1 heterocycles. The Morgan fingerprint density at radius 3 is 2.39 bits per heavy atom. The summed E-state index contributed by atoms with van der Waals surface area (Å²) in [5.41, 5.74) is 0.562. The minimum Gasteiger partial charge on any atom is -0.260 e. The molecular formula is C14H15BrN2O4S2. The molecule has 0 saturated carbocycles. The average molecular weight is 419 g/mol. The van der Waals surface area contributed by atoms with Gasteiger partial charge >= 0.3 is 0 Å². The molecule has 0 aliphatic rings. The lowest BCUT2D eigenvalue weighted by molar-refractivity contribution is 0.563. The monoisotopic (exact) mass is 418 g/mol. The van der Waals surface area contributed by atoms with Crippen LogP contribution in [0.1, 0.15) is 18.7 Å². The molecule has 0 radical (unpaired) electrons.